The first kappa shape index (κ1) is 16.2. The second-order valence-corrected chi connectivity index (χ2v) is 6.73. The normalized spacial score (nSPS) is 10.8. The molecule has 128 valence electrons. The van der Waals surface area contributed by atoms with Crippen LogP contribution in [0.5, 0.6) is 5.75 Å². The molecule has 0 spiro atoms. The van der Waals surface area contributed by atoms with Crippen LogP contribution < -0.4 is 4.74 Å². The first-order chi connectivity index (χ1) is 12.7. The number of non-ortho nitro benzene ring substituents is 1. The lowest BCUT2D eigenvalue weighted by Gasteiger charge is -2.10. The van der Waals surface area contributed by atoms with E-state index in [1.165, 1.54) is 12.1 Å². The molecule has 4 rings (SSSR count). The molecular formula is C20H14N2O3S. The molecule has 0 amide bonds. The van der Waals surface area contributed by atoms with Gasteiger partial charge >= 0.3 is 0 Å². The largest absolute Gasteiger partial charge is 0.488 e. The number of para-hydroxylation sites is 2. The topological polar surface area (TPSA) is 65.3 Å². The zero-order chi connectivity index (χ0) is 17.9. The average molecular weight is 362 g/mol. The van der Waals surface area contributed by atoms with Gasteiger partial charge in [-0.1, -0.05) is 36.4 Å². The van der Waals surface area contributed by atoms with Crippen LogP contribution >= 0.6 is 11.3 Å². The highest BCUT2D eigenvalue weighted by Gasteiger charge is 2.12. The molecule has 0 bridgehead atoms. The highest BCUT2D eigenvalue weighted by Crippen LogP contribution is 2.35. The Morgan fingerprint density at radius 3 is 2.65 bits per heavy atom. The molecule has 0 radical (unpaired) electrons. The second kappa shape index (κ2) is 6.93. The monoisotopic (exact) mass is 362 g/mol. The molecular weight excluding hydrogens is 348 g/mol. The number of benzene rings is 3. The summed E-state index contributed by atoms with van der Waals surface area (Å²) in [7, 11) is 0. The van der Waals surface area contributed by atoms with Crippen LogP contribution in [0.4, 0.5) is 5.69 Å². The van der Waals surface area contributed by atoms with Crippen LogP contribution in [0, 0.1) is 10.1 Å². The highest BCUT2D eigenvalue weighted by atomic mass is 32.1. The van der Waals surface area contributed by atoms with Crippen molar-refractivity contribution >= 4 is 27.2 Å². The van der Waals surface area contributed by atoms with Gasteiger partial charge in [-0.15, -0.1) is 11.3 Å². The van der Waals surface area contributed by atoms with Crippen molar-refractivity contribution < 1.29 is 9.66 Å². The van der Waals surface area contributed by atoms with Gasteiger partial charge in [0.15, 0.2) is 0 Å². The van der Waals surface area contributed by atoms with Gasteiger partial charge in [0.05, 0.1) is 20.7 Å². The van der Waals surface area contributed by atoms with E-state index in [-0.39, 0.29) is 12.3 Å². The van der Waals surface area contributed by atoms with Crippen molar-refractivity contribution in [1.82, 2.24) is 4.98 Å². The summed E-state index contributed by atoms with van der Waals surface area (Å²) >= 11 is 1.61. The highest BCUT2D eigenvalue weighted by molar-refractivity contribution is 7.21. The van der Waals surface area contributed by atoms with E-state index in [2.05, 4.69) is 4.98 Å². The quantitative estimate of drug-likeness (QED) is 0.350. The number of rotatable bonds is 5. The van der Waals surface area contributed by atoms with E-state index in [4.69, 9.17) is 4.74 Å². The summed E-state index contributed by atoms with van der Waals surface area (Å²) in [5, 5.41) is 11.8. The van der Waals surface area contributed by atoms with Crippen molar-refractivity contribution in [3.05, 3.63) is 88.5 Å². The van der Waals surface area contributed by atoms with E-state index in [1.54, 1.807) is 17.4 Å². The molecule has 0 aliphatic rings. The molecule has 0 unspecified atom stereocenters. The summed E-state index contributed by atoms with van der Waals surface area (Å²) in [6.45, 7) is 0.254. The van der Waals surface area contributed by atoms with Crippen molar-refractivity contribution in [3.8, 4) is 16.3 Å². The minimum atomic E-state index is -0.404. The summed E-state index contributed by atoms with van der Waals surface area (Å²) in [5.41, 5.74) is 2.68. The third kappa shape index (κ3) is 3.27. The van der Waals surface area contributed by atoms with Gasteiger partial charge in [0.1, 0.15) is 17.4 Å². The Hall–Kier alpha value is -3.25. The number of aromatic nitrogens is 1. The number of hydrogen-bond acceptors (Lipinski definition) is 5. The minimum absolute atomic E-state index is 0.0607. The van der Waals surface area contributed by atoms with E-state index < -0.39 is 4.92 Å². The smallest absolute Gasteiger partial charge is 0.269 e. The minimum Gasteiger partial charge on any atom is -0.488 e. The van der Waals surface area contributed by atoms with E-state index in [0.717, 1.165) is 26.4 Å². The maximum absolute atomic E-state index is 10.9. The summed E-state index contributed by atoms with van der Waals surface area (Å²) < 4.78 is 7.07. The second-order valence-electron chi connectivity index (χ2n) is 5.70. The third-order valence-electron chi connectivity index (χ3n) is 3.93. The van der Waals surface area contributed by atoms with Crippen LogP contribution in [0.3, 0.4) is 0 Å². The van der Waals surface area contributed by atoms with Crippen LogP contribution in [0.25, 0.3) is 20.8 Å². The van der Waals surface area contributed by atoms with Gasteiger partial charge in [-0.05, 0) is 29.8 Å². The van der Waals surface area contributed by atoms with Crippen molar-refractivity contribution in [2.75, 3.05) is 0 Å². The fourth-order valence-corrected chi connectivity index (χ4v) is 3.67. The zero-order valence-corrected chi connectivity index (χ0v) is 14.5. The predicted molar refractivity (Wildman–Crippen MR) is 102 cm³/mol. The van der Waals surface area contributed by atoms with Gasteiger partial charge in [-0.25, -0.2) is 4.98 Å². The Morgan fingerprint density at radius 2 is 1.81 bits per heavy atom. The Labute approximate surface area is 153 Å². The van der Waals surface area contributed by atoms with Crippen molar-refractivity contribution in [3.63, 3.8) is 0 Å². The molecule has 4 aromatic rings. The maximum Gasteiger partial charge on any atom is 0.269 e. The van der Waals surface area contributed by atoms with E-state index in [9.17, 15) is 10.1 Å². The Morgan fingerprint density at radius 1 is 1.00 bits per heavy atom. The number of thiazole rings is 1. The fourth-order valence-electron chi connectivity index (χ4n) is 2.68. The number of fused-ring (bicyclic) bond motifs is 1. The van der Waals surface area contributed by atoms with Crippen LogP contribution in [0.1, 0.15) is 5.56 Å². The van der Waals surface area contributed by atoms with Gasteiger partial charge < -0.3 is 4.74 Å². The predicted octanol–water partition coefficient (Wildman–Crippen LogP) is 5.45. The maximum atomic E-state index is 10.9. The molecule has 0 aliphatic carbocycles. The molecule has 5 nitrogen and oxygen atoms in total. The van der Waals surface area contributed by atoms with Crippen LogP contribution in [-0.4, -0.2) is 9.91 Å². The molecule has 26 heavy (non-hydrogen) atoms. The first-order valence-electron chi connectivity index (χ1n) is 8.02. The van der Waals surface area contributed by atoms with Crippen LogP contribution in [-0.2, 0) is 6.61 Å². The van der Waals surface area contributed by atoms with Gasteiger partial charge in [0.25, 0.3) is 5.69 Å². The Balaban J connectivity index is 1.62. The molecule has 0 N–H and O–H groups in total. The van der Waals surface area contributed by atoms with Crippen molar-refractivity contribution in [2.24, 2.45) is 0 Å². The molecule has 0 fully saturated rings. The molecule has 6 heteroatoms. The SMILES string of the molecule is O=[N+]([O-])c1cccc(COc2ccccc2-c2nc3ccccc3s2)c1. The number of nitrogens with zero attached hydrogens (tertiary/aromatic N) is 2. The zero-order valence-electron chi connectivity index (χ0n) is 13.7. The van der Waals surface area contributed by atoms with Crippen LogP contribution in [0.15, 0.2) is 72.8 Å². The summed E-state index contributed by atoms with van der Waals surface area (Å²) in [4.78, 5) is 15.2. The molecule has 0 saturated carbocycles. The van der Waals surface area contributed by atoms with Gasteiger partial charge in [0.2, 0.25) is 0 Å². The first-order valence-corrected chi connectivity index (χ1v) is 8.83. The molecule has 0 aliphatic heterocycles. The van der Waals surface area contributed by atoms with E-state index in [1.807, 2.05) is 54.6 Å². The Bertz CT molecular complexity index is 1060. The number of ether oxygens (including phenoxy) is 1. The lowest BCUT2D eigenvalue weighted by Crippen LogP contribution is -1.98. The van der Waals surface area contributed by atoms with Gasteiger partial charge in [-0.3, -0.25) is 10.1 Å². The fraction of sp³-hybridized carbons (Fsp3) is 0.0500. The molecule has 1 aromatic heterocycles. The third-order valence-corrected chi connectivity index (χ3v) is 5.00. The van der Waals surface area contributed by atoms with Crippen molar-refractivity contribution in [2.45, 2.75) is 6.61 Å². The standard InChI is InChI=1S/C20H14N2O3S/c23-22(24)15-7-5-6-14(12-15)13-25-18-10-3-1-8-16(18)20-21-17-9-2-4-11-19(17)26-20/h1-12H,13H2. The number of nitro benzene ring substituents is 1. The lowest BCUT2D eigenvalue weighted by molar-refractivity contribution is -0.384. The van der Waals surface area contributed by atoms with E-state index in [0.29, 0.717) is 5.75 Å². The summed E-state index contributed by atoms with van der Waals surface area (Å²) in [6, 6.07) is 22.2. The molecule has 3 aromatic carbocycles. The van der Waals surface area contributed by atoms with Gasteiger partial charge in [0, 0.05) is 12.1 Å². The molecule has 0 saturated heterocycles. The average Bonchev–Trinajstić information content (AvgIpc) is 3.11. The summed E-state index contributed by atoms with van der Waals surface area (Å²) in [6.07, 6.45) is 0. The molecule has 0 atom stereocenters. The number of nitro groups is 1. The Kier molecular flexibility index (Phi) is 4.33. The summed E-state index contributed by atoms with van der Waals surface area (Å²) in [5.74, 6) is 0.707. The molecule has 1 heterocycles. The van der Waals surface area contributed by atoms with E-state index >= 15 is 0 Å². The van der Waals surface area contributed by atoms with Crippen LogP contribution in [0.2, 0.25) is 0 Å². The van der Waals surface area contributed by atoms with Gasteiger partial charge in [-0.2, -0.15) is 0 Å². The van der Waals surface area contributed by atoms with Crippen molar-refractivity contribution in [1.29, 1.82) is 0 Å². The lowest BCUT2D eigenvalue weighted by atomic mass is 10.2. The number of hydrogen-bond donors (Lipinski definition) is 0.